The molecule has 3 fully saturated rings. The van der Waals surface area contributed by atoms with Gasteiger partial charge in [-0.1, -0.05) is 0 Å². The average Bonchev–Trinajstić information content (AvgIpc) is 2.75. The van der Waals surface area contributed by atoms with E-state index in [-0.39, 0.29) is 30.2 Å². The normalized spacial score (nSPS) is 43.2. The molecule has 0 aromatic heterocycles. The summed E-state index contributed by atoms with van der Waals surface area (Å²) in [5.74, 6) is -1.79. The predicted molar refractivity (Wildman–Crippen MR) is 54.8 cm³/mol. The third-order valence-corrected chi connectivity index (χ3v) is 4.52. The number of hydrogen-bond donors (Lipinski definition) is 0. The van der Waals surface area contributed by atoms with Gasteiger partial charge in [-0.3, -0.25) is 14.4 Å². The van der Waals surface area contributed by atoms with Gasteiger partial charge in [-0.25, -0.2) is 0 Å². The van der Waals surface area contributed by atoms with E-state index in [4.69, 9.17) is 9.47 Å². The molecule has 2 saturated carbocycles. The summed E-state index contributed by atoms with van der Waals surface area (Å²) >= 11 is 0. The van der Waals surface area contributed by atoms with Crippen molar-refractivity contribution >= 4 is 17.7 Å². The van der Waals surface area contributed by atoms with Crippen LogP contribution in [-0.2, 0) is 23.9 Å². The number of Topliss-reactive ketones (excluding diaryl/α,β-unsaturated/α-hetero) is 1. The summed E-state index contributed by atoms with van der Waals surface area (Å²) in [4.78, 5) is 35.8. The molecule has 5 heteroatoms. The van der Waals surface area contributed by atoms with Crippen LogP contribution < -0.4 is 0 Å². The van der Waals surface area contributed by atoms with Crippen molar-refractivity contribution in [3.05, 3.63) is 0 Å². The number of ether oxygens (including phenoxy) is 2. The number of carbonyl (C=O) groups excluding carboxylic acids is 3. The second-order valence-corrected chi connectivity index (χ2v) is 5.15. The third-order valence-electron chi connectivity index (χ3n) is 4.52. The first-order chi connectivity index (χ1) is 8.09. The van der Waals surface area contributed by atoms with Crippen LogP contribution in [0.15, 0.2) is 0 Å². The van der Waals surface area contributed by atoms with E-state index in [1.807, 2.05) is 0 Å². The zero-order chi connectivity index (χ0) is 12.2. The molecule has 0 aromatic rings. The number of methoxy groups -OCH3 is 1. The van der Waals surface area contributed by atoms with Crippen LogP contribution >= 0.6 is 0 Å². The first-order valence-electron chi connectivity index (χ1n) is 5.91. The monoisotopic (exact) mass is 238 g/mol. The highest BCUT2D eigenvalue weighted by atomic mass is 16.6. The van der Waals surface area contributed by atoms with Crippen molar-refractivity contribution in [2.75, 3.05) is 7.11 Å². The highest BCUT2D eigenvalue weighted by Gasteiger charge is 2.68. The quantitative estimate of drug-likeness (QED) is 0.621. The third kappa shape index (κ3) is 1.17. The Morgan fingerprint density at radius 1 is 1.41 bits per heavy atom. The number of rotatable bonds is 1. The maximum atomic E-state index is 12.1. The summed E-state index contributed by atoms with van der Waals surface area (Å²) in [7, 11) is 1.29. The summed E-state index contributed by atoms with van der Waals surface area (Å²) < 4.78 is 9.99. The van der Waals surface area contributed by atoms with Gasteiger partial charge in [0.05, 0.1) is 18.4 Å². The summed E-state index contributed by atoms with van der Waals surface area (Å²) in [6.45, 7) is 0. The molecule has 92 valence electrons. The topological polar surface area (TPSA) is 69.7 Å². The van der Waals surface area contributed by atoms with Gasteiger partial charge in [-0.05, 0) is 12.8 Å². The minimum Gasteiger partial charge on any atom is -0.469 e. The molecule has 3 aliphatic rings. The Labute approximate surface area is 98.4 Å². The van der Waals surface area contributed by atoms with Crippen LogP contribution in [0.4, 0.5) is 0 Å². The molecule has 4 atom stereocenters. The largest absolute Gasteiger partial charge is 0.469 e. The van der Waals surface area contributed by atoms with Crippen LogP contribution in [0.2, 0.25) is 0 Å². The molecule has 0 unspecified atom stereocenters. The Morgan fingerprint density at radius 2 is 2.18 bits per heavy atom. The standard InChI is InChI=1S/C12H14O5/c1-16-10(14)8-4-9(13)7-3-2-6-5-12(7,8)11(15)17-6/h6-8H,2-5H2,1H3/t6-,7+,8-,12-/m0/s1. The van der Waals surface area contributed by atoms with Gasteiger partial charge in [-0.2, -0.15) is 0 Å². The molecular weight excluding hydrogens is 224 g/mol. The SMILES string of the molecule is COC(=O)[C@@H]1CC(=O)[C@H]2CC[C@H]3C[C@]21C(=O)O3. The van der Waals surface area contributed by atoms with Gasteiger partial charge in [0.2, 0.25) is 0 Å². The minimum atomic E-state index is -0.910. The van der Waals surface area contributed by atoms with Crippen molar-refractivity contribution in [3.8, 4) is 0 Å². The van der Waals surface area contributed by atoms with Crippen LogP contribution in [0, 0.1) is 17.3 Å². The Bertz CT molecular complexity index is 413. The fraction of sp³-hybridized carbons (Fsp3) is 0.750. The summed E-state index contributed by atoms with van der Waals surface area (Å²) in [5.41, 5.74) is -0.910. The van der Waals surface area contributed by atoms with Crippen molar-refractivity contribution in [2.24, 2.45) is 17.3 Å². The van der Waals surface area contributed by atoms with Crippen LogP contribution in [-0.4, -0.2) is 30.9 Å². The first kappa shape index (κ1) is 10.7. The summed E-state index contributed by atoms with van der Waals surface area (Å²) in [5, 5.41) is 0. The second-order valence-electron chi connectivity index (χ2n) is 5.15. The van der Waals surface area contributed by atoms with Crippen molar-refractivity contribution < 1.29 is 23.9 Å². The molecule has 0 aromatic carbocycles. The van der Waals surface area contributed by atoms with Crippen LogP contribution in [0.3, 0.4) is 0 Å². The molecule has 2 bridgehead atoms. The molecule has 1 spiro atoms. The van der Waals surface area contributed by atoms with Crippen LogP contribution in [0.1, 0.15) is 25.7 Å². The van der Waals surface area contributed by atoms with E-state index >= 15 is 0 Å². The smallest absolute Gasteiger partial charge is 0.314 e. The Hall–Kier alpha value is -1.39. The number of fused-ring (bicyclic) bond motifs is 1. The lowest BCUT2D eigenvalue weighted by Gasteiger charge is -2.32. The lowest BCUT2D eigenvalue weighted by Crippen LogP contribution is -2.42. The molecule has 1 aliphatic heterocycles. The molecule has 2 aliphatic carbocycles. The van der Waals surface area contributed by atoms with Gasteiger partial charge in [-0.15, -0.1) is 0 Å². The van der Waals surface area contributed by atoms with E-state index in [2.05, 4.69) is 0 Å². The molecule has 1 heterocycles. The molecule has 1 saturated heterocycles. The van der Waals surface area contributed by atoms with Gasteiger partial charge >= 0.3 is 11.9 Å². The number of carbonyl (C=O) groups is 3. The molecular formula is C12H14O5. The molecule has 0 amide bonds. The van der Waals surface area contributed by atoms with Crippen molar-refractivity contribution in [3.63, 3.8) is 0 Å². The first-order valence-corrected chi connectivity index (χ1v) is 5.91. The van der Waals surface area contributed by atoms with Crippen molar-refractivity contribution in [2.45, 2.75) is 31.8 Å². The van der Waals surface area contributed by atoms with E-state index in [9.17, 15) is 14.4 Å². The molecule has 17 heavy (non-hydrogen) atoms. The van der Waals surface area contributed by atoms with Gasteiger partial charge in [0.25, 0.3) is 0 Å². The van der Waals surface area contributed by atoms with Crippen LogP contribution in [0.25, 0.3) is 0 Å². The molecule has 0 radical (unpaired) electrons. The zero-order valence-corrected chi connectivity index (χ0v) is 9.60. The number of ketones is 1. The Morgan fingerprint density at radius 3 is 2.88 bits per heavy atom. The van der Waals surface area contributed by atoms with Gasteiger partial charge in [0, 0.05) is 18.8 Å². The lowest BCUT2D eigenvalue weighted by molar-refractivity contribution is -0.160. The molecule has 3 rings (SSSR count). The molecule has 5 nitrogen and oxygen atoms in total. The minimum absolute atomic E-state index is 0.0118. The van der Waals surface area contributed by atoms with E-state index < -0.39 is 17.3 Å². The van der Waals surface area contributed by atoms with E-state index in [1.165, 1.54) is 7.11 Å². The Kier molecular flexibility index (Phi) is 2.09. The maximum Gasteiger partial charge on any atom is 0.314 e. The Balaban J connectivity index is 2.06. The summed E-state index contributed by atoms with van der Waals surface area (Å²) in [6.07, 6.45) is 1.90. The van der Waals surface area contributed by atoms with Gasteiger partial charge < -0.3 is 9.47 Å². The van der Waals surface area contributed by atoms with Gasteiger partial charge in [0.15, 0.2) is 0 Å². The van der Waals surface area contributed by atoms with Crippen molar-refractivity contribution in [1.29, 1.82) is 0 Å². The average molecular weight is 238 g/mol. The highest BCUT2D eigenvalue weighted by molar-refractivity contribution is 6.00. The lowest BCUT2D eigenvalue weighted by atomic mass is 9.65. The van der Waals surface area contributed by atoms with Gasteiger partial charge in [0.1, 0.15) is 11.9 Å². The molecule has 0 N–H and O–H groups in total. The zero-order valence-electron chi connectivity index (χ0n) is 9.60. The van der Waals surface area contributed by atoms with E-state index in [1.54, 1.807) is 0 Å². The fourth-order valence-corrected chi connectivity index (χ4v) is 3.76. The van der Waals surface area contributed by atoms with Crippen LogP contribution in [0.5, 0.6) is 0 Å². The van der Waals surface area contributed by atoms with Crippen molar-refractivity contribution in [1.82, 2.24) is 0 Å². The van der Waals surface area contributed by atoms with E-state index in [0.717, 1.165) is 6.42 Å². The fourth-order valence-electron chi connectivity index (χ4n) is 3.76. The number of esters is 2. The number of hydrogen-bond acceptors (Lipinski definition) is 5. The summed E-state index contributed by atoms with van der Waals surface area (Å²) in [6, 6.07) is 0. The predicted octanol–water partition coefficient (Wildman–Crippen LogP) is 0.460. The van der Waals surface area contributed by atoms with E-state index in [0.29, 0.717) is 12.8 Å². The highest BCUT2D eigenvalue weighted by Crippen LogP contribution is 2.59. The second kappa shape index (κ2) is 3.31. The maximum absolute atomic E-state index is 12.1.